The van der Waals surface area contributed by atoms with Crippen molar-refractivity contribution >= 4 is 69.2 Å². The van der Waals surface area contributed by atoms with Gasteiger partial charge in [-0.2, -0.15) is 0 Å². The molecule has 3 aliphatic rings. The van der Waals surface area contributed by atoms with Crippen LogP contribution in [0.1, 0.15) is 22.5 Å². The van der Waals surface area contributed by atoms with Gasteiger partial charge < -0.3 is 32.0 Å². The second-order valence-corrected chi connectivity index (χ2v) is 10.8. The molecule has 2 atom stereocenters. The molecular formula is C24H21N7O7S2. The van der Waals surface area contributed by atoms with Gasteiger partial charge in [-0.15, -0.1) is 23.1 Å². The van der Waals surface area contributed by atoms with Crippen LogP contribution < -0.4 is 21.7 Å². The number of benzene rings is 1. The highest BCUT2D eigenvalue weighted by atomic mass is 32.2. The molecule has 4 amide bonds. The standard InChI is InChI=1S/C24H21N7O7S2/c25-18(32)10-1-3-13(4-2-10)30-6-5-11(20(30)34)7-12-8-39-22-16(21(35)31(22)17(12)23(36)37)28-19(33)15(29-38)14-9-40-24(26)27-14/h1-4,7,9,16,22,38H,5-6,8H2,(H2,25,32)(H2,26,27)(H,28,33)(H,36,37)/t16-,22-/m1/s1. The van der Waals surface area contributed by atoms with Crippen molar-refractivity contribution in [3.63, 3.8) is 0 Å². The van der Waals surface area contributed by atoms with Crippen LogP contribution in [0.4, 0.5) is 10.8 Å². The Kier molecular flexibility index (Phi) is 7.03. The lowest BCUT2D eigenvalue weighted by Crippen LogP contribution is -2.71. The molecule has 0 spiro atoms. The fourth-order valence-electron chi connectivity index (χ4n) is 4.58. The second-order valence-electron chi connectivity index (χ2n) is 8.85. The Bertz CT molecular complexity index is 1550. The van der Waals surface area contributed by atoms with Crippen LogP contribution in [0.3, 0.4) is 0 Å². The lowest BCUT2D eigenvalue weighted by molar-refractivity contribution is -0.150. The molecule has 16 heteroatoms. The summed E-state index contributed by atoms with van der Waals surface area (Å²) in [6.07, 6.45) is 1.84. The summed E-state index contributed by atoms with van der Waals surface area (Å²) in [6, 6.07) is 5.17. The molecular weight excluding hydrogens is 562 g/mol. The van der Waals surface area contributed by atoms with E-state index >= 15 is 0 Å². The van der Waals surface area contributed by atoms with Gasteiger partial charge in [-0.05, 0) is 42.3 Å². The summed E-state index contributed by atoms with van der Waals surface area (Å²) in [7, 11) is 0. The van der Waals surface area contributed by atoms with E-state index in [1.54, 1.807) is 12.1 Å². The molecule has 0 radical (unpaired) electrons. The number of nitrogens with zero attached hydrogens (tertiary/aromatic N) is 4. The minimum atomic E-state index is -1.35. The number of allylic oxidation sites excluding steroid dienone is 1. The molecule has 3 aliphatic heterocycles. The van der Waals surface area contributed by atoms with Gasteiger partial charge in [0.05, 0.1) is 0 Å². The maximum atomic E-state index is 13.1. The van der Waals surface area contributed by atoms with Crippen molar-refractivity contribution in [1.82, 2.24) is 15.2 Å². The highest BCUT2D eigenvalue weighted by Gasteiger charge is 2.54. The first-order valence-electron chi connectivity index (χ1n) is 11.7. The summed E-state index contributed by atoms with van der Waals surface area (Å²) < 4.78 is 0. The number of β-lactam (4-membered cyclic amide) rings is 1. The third kappa shape index (κ3) is 4.66. The van der Waals surface area contributed by atoms with E-state index in [-0.39, 0.29) is 33.8 Å². The normalized spacial score (nSPS) is 21.9. The molecule has 0 unspecified atom stereocenters. The van der Waals surface area contributed by atoms with E-state index in [2.05, 4.69) is 15.5 Å². The summed E-state index contributed by atoms with van der Waals surface area (Å²) in [6.45, 7) is 0.349. The predicted octanol–water partition coefficient (Wildman–Crippen LogP) is 0.104. The van der Waals surface area contributed by atoms with E-state index < -0.39 is 40.8 Å². The van der Waals surface area contributed by atoms with Crippen LogP contribution in [-0.2, 0) is 19.2 Å². The number of carbonyl (C=O) groups excluding carboxylic acids is 4. The number of carboxylic acid groups (broad SMARTS) is 1. The smallest absolute Gasteiger partial charge is 0.352 e. The Hall–Kier alpha value is -4.70. The molecule has 2 aromatic rings. The zero-order valence-electron chi connectivity index (χ0n) is 20.4. The summed E-state index contributed by atoms with van der Waals surface area (Å²) in [5, 5.41) is 25.5. The van der Waals surface area contributed by atoms with Gasteiger partial charge in [-0.1, -0.05) is 5.16 Å². The summed E-state index contributed by atoms with van der Waals surface area (Å²) in [4.78, 5) is 68.8. The number of nitrogens with two attached hydrogens (primary N) is 2. The number of amides is 4. The molecule has 14 nitrogen and oxygen atoms in total. The highest BCUT2D eigenvalue weighted by Crippen LogP contribution is 2.41. The third-order valence-electron chi connectivity index (χ3n) is 6.50. The maximum absolute atomic E-state index is 13.1. The van der Waals surface area contributed by atoms with Crippen molar-refractivity contribution in [1.29, 1.82) is 0 Å². The van der Waals surface area contributed by atoms with E-state index in [0.717, 1.165) is 16.2 Å². The lowest BCUT2D eigenvalue weighted by atomic mass is 10.0. The van der Waals surface area contributed by atoms with Crippen LogP contribution in [0, 0.1) is 0 Å². The molecule has 1 aromatic heterocycles. The van der Waals surface area contributed by atoms with Gasteiger partial charge in [-0.25, -0.2) is 9.78 Å². The number of thioether (sulfide) groups is 1. The van der Waals surface area contributed by atoms with Crippen LogP contribution in [0.2, 0.25) is 0 Å². The quantitative estimate of drug-likeness (QED) is 0.0972. The molecule has 0 saturated carbocycles. The molecule has 2 saturated heterocycles. The van der Waals surface area contributed by atoms with Crippen LogP contribution >= 0.6 is 23.1 Å². The van der Waals surface area contributed by atoms with Gasteiger partial charge in [0.25, 0.3) is 17.7 Å². The van der Waals surface area contributed by atoms with Gasteiger partial charge in [0, 0.05) is 34.5 Å². The van der Waals surface area contributed by atoms with Gasteiger partial charge >= 0.3 is 5.97 Å². The van der Waals surface area contributed by atoms with Crippen molar-refractivity contribution < 1.29 is 34.3 Å². The van der Waals surface area contributed by atoms with Crippen molar-refractivity contribution in [2.45, 2.75) is 17.8 Å². The fourth-order valence-corrected chi connectivity index (χ4v) is 6.44. The number of thiazole rings is 1. The number of fused-ring (bicyclic) bond motifs is 1. The van der Waals surface area contributed by atoms with E-state index in [1.165, 1.54) is 40.3 Å². The second kappa shape index (κ2) is 10.5. The van der Waals surface area contributed by atoms with Gasteiger partial charge in [-0.3, -0.25) is 24.1 Å². The van der Waals surface area contributed by atoms with Gasteiger partial charge in [0.2, 0.25) is 5.91 Å². The number of nitrogen functional groups attached to an aromatic ring is 1. The fraction of sp³-hybridized carbons (Fsp3) is 0.208. The number of oxime groups is 1. The Morgan fingerprint density at radius 2 is 1.93 bits per heavy atom. The Labute approximate surface area is 234 Å². The first-order chi connectivity index (χ1) is 19.1. The van der Waals surface area contributed by atoms with E-state index in [1.807, 2.05) is 0 Å². The number of rotatable bonds is 7. The summed E-state index contributed by atoms with van der Waals surface area (Å²) >= 11 is 2.26. The average Bonchev–Trinajstić information content (AvgIpc) is 3.52. The number of carbonyl (C=O) groups is 5. The lowest BCUT2D eigenvalue weighted by Gasteiger charge is -2.49. The number of nitrogens with one attached hydrogen (secondary N) is 1. The van der Waals surface area contributed by atoms with Crippen LogP contribution in [-0.4, -0.2) is 79.2 Å². The number of aromatic nitrogens is 1. The Morgan fingerprint density at radius 3 is 2.52 bits per heavy atom. The molecule has 4 heterocycles. The zero-order valence-corrected chi connectivity index (χ0v) is 22.1. The largest absolute Gasteiger partial charge is 0.477 e. The van der Waals surface area contributed by atoms with Crippen molar-refractivity contribution in [3.05, 3.63) is 63.8 Å². The number of carboxylic acids is 1. The highest BCUT2D eigenvalue weighted by molar-refractivity contribution is 8.00. The van der Waals surface area contributed by atoms with Gasteiger partial charge in [0.1, 0.15) is 22.8 Å². The minimum absolute atomic E-state index is 0.0292. The molecule has 2 fully saturated rings. The monoisotopic (exact) mass is 583 g/mol. The van der Waals surface area contributed by atoms with E-state index in [0.29, 0.717) is 29.8 Å². The van der Waals surface area contributed by atoms with Crippen molar-refractivity contribution in [3.8, 4) is 0 Å². The molecule has 206 valence electrons. The molecule has 0 aliphatic carbocycles. The summed E-state index contributed by atoms with van der Waals surface area (Å²) in [5.74, 6) is -3.64. The van der Waals surface area contributed by atoms with E-state index in [9.17, 15) is 34.3 Å². The number of hydrogen-bond acceptors (Lipinski definition) is 11. The number of hydrogen-bond donors (Lipinski definition) is 5. The Balaban J connectivity index is 1.34. The molecule has 40 heavy (non-hydrogen) atoms. The van der Waals surface area contributed by atoms with E-state index in [4.69, 9.17) is 11.5 Å². The van der Waals surface area contributed by atoms with Gasteiger partial charge in [0.15, 0.2) is 10.8 Å². The number of primary amides is 1. The molecule has 7 N–H and O–H groups in total. The minimum Gasteiger partial charge on any atom is -0.477 e. The topological polar surface area (TPSA) is 222 Å². The molecule has 5 rings (SSSR count). The number of aliphatic carboxylic acids is 1. The first-order valence-corrected chi connectivity index (χ1v) is 13.6. The Morgan fingerprint density at radius 1 is 1.20 bits per heavy atom. The average molecular weight is 584 g/mol. The van der Waals surface area contributed by atoms with Crippen LogP contribution in [0.5, 0.6) is 0 Å². The first kappa shape index (κ1) is 26.9. The molecule has 0 bridgehead atoms. The maximum Gasteiger partial charge on any atom is 0.352 e. The van der Waals surface area contributed by atoms with Crippen LogP contribution in [0.15, 0.2) is 57.7 Å². The van der Waals surface area contributed by atoms with Crippen molar-refractivity contribution in [2.24, 2.45) is 10.9 Å². The zero-order chi connectivity index (χ0) is 28.7. The SMILES string of the molecule is NC(=O)c1ccc(N2CCC(=CC3=C(C(=O)O)N4C(=O)[C@@H](NC(=O)C(=NO)c5csc(N)n5)[C@H]4SC3)C2=O)cc1. The summed E-state index contributed by atoms with van der Waals surface area (Å²) in [5.41, 5.74) is 11.7. The van der Waals surface area contributed by atoms with Crippen LogP contribution in [0.25, 0.3) is 0 Å². The molecule has 1 aromatic carbocycles. The third-order valence-corrected chi connectivity index (χ3v) is 8.48. The predicted molar refractivity (Wildman–Crippen MR) is 145 cm³/mol. The number of anilines is 2. The van der Waals surface area contributed by atoms with Crippen molar-refractivity contribution in [2.75, 3.05) is 22.9 Å².